The van der Waals surface area contributed by atoms with Gasteiger partial charge in [-0.3, -0.25) is 9.80 Å². The van der Waals surface area contributed by atoms with Crippen LogP contribution in [0.3, 0.4) is 0 Å². The molecule has 0 aromatic carbocycles. The van der Waals surface area contributed by atoms with Crippen LogP contribution < -0.4 is 20.4 Å². The Morgan fingerprint density at radius 3 is 0.550 bits per heavy atom. The largest absolute Gasteiger partial charge is 0.549 e. The zero-order valence-corrected chi connectivity index (χ0v) is 28.2. The Kier molecular flexibility index (Phi) is 26.5. The SMILES string of the molecule is C[N+](C)(C)C.C[N+](C)(C)C.C[N+](C)(C)C.C[N+](C)(C)C.O=C([O-])CN(CCN(CC(=O)[O-])CC(=O)[O-])CC(=O)[O-]. The van der Waals surface area contributed by atoms with Crippen LogP contribution in [0, 0.1) is 0 Å². The van der Waals surface area contributed by atoms with Gasteiger partial charge in [-0.05, 0) is 0 Å². The van der Waals surface area contributed by atoms with Crippen molar-refractivity contribution in [1.29, 1.82) is 0 Å². The van der Waals surface area contributed by atoms with Gasteiger partial charge in [-0.25, -0.2) is 0 Å². The Morgan fingerprint density at radius 2 is 0.475 bits per heavy atom. The molecule has 0 atom stereocenters. The second-order valence-electron chi connectivity index (χ2n) is 14.6. The van der Waals surface area contributed by atoms with Gasteiger partial charge in [0.2, 0.25) is 0 Å². The number of quaternary nitrogens is 4. The van der Waals surface area contributed by atoms with E-state index >= 15 is 0 Å². The quantitative estimate of drug-likeness (QED) is 0.213. The maximum atomic E-state index is 10.4. The first-order valence-corrected chi connectivity index (χ1v) is 12.6. The molecule has 0 spiro atoms. The Hall–Kier alpha value is -2.36. The molecule has 0 radical (unpaired) electrons. The summed E-state index contributed by atoms with van der Waals surface area (Å²) in [7, 11) is 34.0. The van der Waals surface area contributed by atoms with E-state index in [0.717, 1.165) is 27.7 Å². The van der Waals surface area contributed by atoms with Gasteiger partial charge >= 0.3 is 0 Å². The molecule has 0 saturated heterocycles. The van der Waals surface area contributed by atoms with Crippen LogP contribution in [0.15, 0.2) is 0 Å². The lowest BCUT2D eigenvalue weighted by molar-refractivity contribution is -0.849. The van der Waals surface area contributed by atoms with Gasteiger partial charge in [-0.15, -0.1) is 0 Å². The third-order valence-corrected chi connectivity index (χ3v) is 2.14. The van der Waals surface area contributed by atoms with Crippen molar-refractivity contribution in [2.75, 3.05) is 152 Å². The zero-order chi connectivity index (χ0) is 33.7. The predicted octanol–water partition coefficient (Wildman–Crippen LogP) is -6.12. The Morgan fingerprint density at radius 1 is 0.375 bits per heavy atom. The maximum absolute atomic E-state index is 10.4. The van der Waals surface area contributed by atoms with Crippen molar-refractivity contribution in [3.05, 3.63) is 0 Å². The van der Waals surface area contributed by atoms with Gasteiger partial charge in [-0.1, -0.05) is 0 Å². The second-order valence-corrected chi connectivity index (χ2v) is 14.6. The highest BCUT2D eigenvalue weighted by Crippen LogP contribution is 1.92. The highest BCUT2D eigenvalue weighted by Gasteiger charge is 2.10. The van der Waals surface area contributed by atoms with Crippen molar-refractivity contribution in [2.24, 2.45) is 0 Å². The summed E-state index contributed by atoms with van der Waals surface area (Å²) in [6, 6.07) is 0. The zero-order valence-electron chi connectivity index (χ0n) is 28.2. The monoisotopic (exact) mass is 584 g/mol. The van der Waals surface area contributed by atoms with Crippen LogP contribution in [-0.2, 0) is 19.2 Å². The third-order valence-electron chi connectivity index (χ3n) is 2.14. The molecule has 0 fully saturated rings. The van der Waals surface area contributed by atoms with Gasteiger partial charge in [0.25, 0.3) is 0 Å². The average Bonchev–Trinajstić information content (AvgIpc) is 2.51. The molecule has 0 aliphatic carbocycles. The first-order valence-electron chi connectivity index (χ1n) is 12.6. The third kappa shape index (κ3) is 123. The van der Waals surface area contributed by atoms with Crippen LogP contribution in [0.1, 0.15) is 0 Å². The van der Waals surface area contributed by atoms with E-state index in [0.29, 0.717) is 0 Å². The number of carbonyl (C=O) groups is 4. The van der Waals surface area contributed by atoms with Gasteiger partial charge in [0.15, 0.2) is 0 Å². The standard InChI is InChI=1S/C10H16N2O8.4C4H12N/c13-7(14)3-11(4-8(15)16)1-2-12(5-9(17)18)6-10(19)20;4*1-5(2,3)4/h1-6H2,(H,13,14)(H,15,16)(H,17,18)(H,19,20);4*1-4H3/q;4*+1/p-4. The minimum atomic E-state index is -1.53. The van der Waals surface area contributed by atoms with Crippen LogP contribution in [0.25, 0.3) is 0 Å². The van der Waals surface area contributed by atoms with Crippen molar-refractivity contribution >= 4 is 23.9 Å². The lowest BCUT2D eigenvalue weighted by atomic mass is 10.4. The van der Waals surface area contributed by atoms with Crippen LogP contribution in [0.4, 0.5) is 0 Å². The summed E-state index contributed by atoms with van der Waals surface area (Å²) in [5, 5.41) is 41.6. The summed E-state index contributed by atoms with van der Waals surface area (Å²) in [4.78, 5) is 43.4. The number of nitrogens with zero attached hydrogens (tertiary/aromatic N) is 6. The Bertz CT molecular complexity index is 566. The molecule has 0 heterocycles. The molecule has 40 heavy (non-hydrogen) atoms. The number of aliphatic carboxylic acids is 4. The van der Waals surface area contributed by atoms with Gasteiger partial charge in [-0.2, -0.15) is 0 Å². The van der Waals surface area contributed by atoms with Crippen molar-refractivity contribution in [3.63, 3.8) is 0 Å². The molecule has 0 unspecified atom stereocenters. The molecule has 0 bridgehead atoms. The number of hydrogen-bond donors (Lipinski definition) is 0. The molecular weight excluding hydrogens is 524 g/mol. The molecule has 0 saturated carbocycles. The highest BCUT2D eigenvalue weighted by molar-refractivity contribution is 5.71. The molecule has 0 aliphatic heterocycles. The second kappa shape index (κ2) is 22.3. The van der Waals surface area contributed by atoms with Crippen molar-refractivity contribution in [3.8, 4) is 0 Å². The molecule has 0 amide bonds. The normalized spacial score (nSPS) is 11.3. The highest BCUT2D eigenvalue weighted by atomic mass is 16.4. The van der Waals surface area contributed by atoms with E-state index in [-0.39, 0.29) is 13.1 Å². The number of rotatable bonds is 11. The average molecular weight is 585 g/mol. The summed E-state index contributed by atoms with van der Waals surface area (Å²) in [5.74, 6) is -6.12. The lowest BCUT2D eigenvalue weighted by Crippen LogP contribution is -2.50. The number of hydrogen-bond acceptors (Lipinski definition) is 10. The Balaban J connectivity index is -0.000000164. The summed E-state index contributed by atoms with van der Waals surface area (Å²) in [6.07, 6.45) is 0. The molecule has 0 rings (SSSR count). The van der Waals surface area contributed by atoms with Crippen LogP contribution in [0.2, 0.25) is 0 Å². The predicted molar refractivity (Wildman–Crippen MR) is 149 cm³/mol. The van der Waals surface area contributed by atoms with Gasteiger partial charge in [0.05, 0.1) is 137 Å². The molecular formula is C26H60N6O8. The van der Waals surface area contributed by atoms with Crippen molar-refractivity contribution in [2.45, 2.75) is 0 Å². The van der Waals surface area contributed by atoms with Gasteiger partial charge in [0, 0.05) is 39.3 Å². The Labute approximate surface area is 243 Å². The summed E-state index contributed by atoms with van der Waals surface area (Å²) < 4.78 is 4.00. The number of carbonyl (C=O) groups excluding carboxylic acids is 4. The summed E-state index contributed by atoms with van der Waals surface area (Å²) >= 11 is 0. The van der Waals surface area contributed by atoms with Gasteiger partial charge in [0.1, 0.15) is 0 Å². The van der Waals surface area contributed by atoms with Crippen LogP contribution >= 0.6 is 0 Å². The van der Waals surface area contributed by atoms with Crippen LogP contribution in [-0.4, -0.2) is 204 Å². The van der Waals surface area contributed by atoms with Crippen molar-refractivity contribution in [1.82, 2.24) is 9.80 Å². The molecule has 14 heteroatoms. The molecule has 14 nitrogen and oxygen atoms in total. The lowest BCUT2D eigenvalue weighted by Gasteiger charge is -2.28. The first kappa shape index (κ1) is 47.4. The summed E-state index contributed by atoms with van der Waals surface area (Å²) in [6.45, 7) is -3.25. The fraction of sp³-hybridized carbons (Fsp3) is 0.846. The van der Waals surface area contributed by atoms with Crippen molar-refractivity contribution < 1.29 is 57.5 Å². The summed E-state index contributed by atoms with van der Waals surface area (Å²) in [5.41, 5.74) is 0. The smallest absolute Gasteiger partial charge is 0.0675 e. The minimum absolute atomic E-state index is 0.206. The topological polar surface area (TPSA) is 167 Å². The first-order chi connectivity index (χ1) is 17.2. The molecule has 0 aromatic rings. The van der Waals surface area contributed by atoms with E-state index < -0.39 is 50.1 Å². The molecule has 0 aromatic heterocycles. The molecule has 0 N–H and O–H groups in total. The van der Waals surface area contributed by atoms with E-state index in [1.165, 1.54) is 0 Å². The number of carboxylic acids is 4. The molecule has 0 aliphatic rings. The van der Waals surface area contributed by atoms with E-state index in [4.69, 9.17) is 0 Å². The minimum Gasteiger partial charge on any atom is -0.549 e. The number of carboxylic acid groups (broad SMARTS) is 4. The maximum Gasteiger partial charge on any atom is 0.0675 e. The fourth-order valence-electron chi connectivity index (χ4n) is 1.44. The van der Waals surface area contributed by atoms with E-state index in [1.807, 2.05) is 0 Å². The van der Waals surface area contributed by atoms with E-state index in [9.17, 15) is 39.6 Å². The van der Waals surface area contributed by atoms with Gasteiger partial charge < -0.3 is 57.5 Å². The fourth-order valence-corrected chi connectivity index (χ4v) is 1.44. The molecule has 242 valence electrons. The van der Waals surface area contributed by atoms with E-state index in [2.05, 4.69) is 113 Å². The van der Waals surface area contributed by atoms with E-state index in [1.54, 1.807) is 0 Å². The van der Waals surface area contributed by atoms with Crippen LogP contribution in [0.5, 0.6) is 0 Å².